The third kappa shape index (κ3) is 2.70. The van der Waals surface area contributed by atoms with Crippen molar-refractivity contribution >= 4 is 11.7 Å². The summed E-state index contributed by atoms with van der Waals surface area (Å²) in [6, 6.07) is 11.0. The van der Waals surface area contributed by atoms with Crippen LogP contribution in [0.5, 0.6) is 11.5 Å². The molecule has 0 atom stereocenters. The molecule has 0 spiro atoms. The molecular weight excluding hydrogens is 266 g/mol. The molecule has 0 saturated carbocycles. The zero-order chi connectivity index (χ0) is 14.8. The van der Waals surface area contributed by atoms with Gasteiger partial charge in [0.05, 0.1) is 18.4 Å². The van der Waals surface area contributed by atoms with E-state index in [0.29, 0.717) is 17.0 Å². The van der Waals surface area contributed by atoms with Gasteiger partial charge in [0.25, 0.3) is 0 Å². The Kier molecular flexibility index (Phi) is 3.52. The first kappa shape index (κ1) is 13.5. The molecule has 2 N–H and O–H groups in total. The van der Waals surface area contributed by atoms with Gasteiger partial charge in [0.15, 0.2) is 5.75 Å². The Hall–Kier alpha value is -2.49. The standard InChI is InChI=1S/C17H17NO3/c1-20-17(19)13-6-8-15(18)16(10-13)21-14-7-5-11-3-2-4-12(11)9-14/h5-10H,2-4,18H2,1H3. The second kappa shape index (κ2) is 5.48. The summed E-state index contributed by atoms with van der Waals surface area (Å²) in [4.78, 5) is 11.6. The number of ether oxygens (including phenoxy) is 2. The predicted octanol–water partition coefficient (Wildman–Crippen LogP) is 3.34. The van der Waals surface area contributed by atoms with Crippen molar-refractivity contribution in [1.82, 2.24) is 0 Å². The molecule has 4 heteroatoms. The minimum absolute atomic E-state index is 0.409. The van der Waals surface area contributed by atoms with E-state index >= 15 is 0 Å². The zero-order valence-electron chi connectivity index (χ0n) is 11.9. The van der Waals surface area contributed by atoms with E-state index in [1.165, 1.54) is 24.7 Å². The van der Waals surface area contributed by atoms with Gasteiger partial charge in [-0.25, -0.2) is 4.79 Å². The number of carbonyl (C=O) groups is 1. The molecule has 21 heavy (non-hydrogen) atoms. The number of rotatable bonds is 3. The number of methoxy groups -OCH3 is 1. The molecule has 0 saturated heterocycles. The van der Waals surface area contributed by atoms with Gasteiger partial charge in [0.2, 0.25) is 0 Å². The van der Waals surface area contributed by atoms with Crippen LogP contribution in [0, 0.1) is 0 Å². The van der Waals surface area contributed by atoms with E-state index in [2.05, 4.69) is 6.07 Å². The molecular formula is C17H17NO3. The first-order valence-corrected chi connectivity index (χ1v) is 6.95. The molecule has 0 fully saturated rings. The Balaban J connectivity index is 1.89. The van der Waals surface area contributed by atoms with Crippen LogP contribution < -0.4 is 10.5 Å². The monoisotopic (exact) mass is 283 g/mol. The molecule has 2 aromatic rings. The number of nitrogen functional groups attached to an aromatic ring is 1. The average Bonchev–Trinajstić information content (AvgIpc) is 2.96. The highest BCUT2D eigenvalue weighted by Gasteiger charge is 2.13. The summed E-state index contributed by atoms with van der Waals surface area (Å²) >= 11 is 0. The summed E-state index contributed by atoms with van der Waals surface area (Å²) in [5.41, 5.74) is 9.54. The van der Waals surface area contributed by atoms with E-state index in [9.17, 15) is 4.79 Å². The van der Waals surface area contributed by atoms with Gasteiger partial charge in [0, 0.05) is 0 Å². The van der Waals surface area contributed by atoms with Gasteiger partial charge >= 0.3 is 5.97 Å². The van der Waals surface area contributed by atoms with Crippen molar-refractivity contribution in [2.75, 3.05) is 12.8 Å². The number of esters is 1. The fraction of sp³-hybridized carbons (Fsp3) is 0.235. The second-order valence-corrected chi connectivity index (χ2v) is 5.13. The van der Waals surface area contributed by atoms with Crippen LogP contribution in [0.25, 0.3) is 0 Å². The highest BCUT2D eigenvalue weighted by atomic mass is 16.5. The lowest BCUT2D eigenvalue weighted by Gasteiger charge is -2.11. The van der Waals surface area contributed by atoms with Crippen molar-refractivity contribution < 1.29 is 14.3 Å². The van der Waals surface area contributed by atoms with Gasteiger partial charge in [-0.15, -0.1) is 0 Å². The molecule has 0 amide bonds. The molecule has 0 aliphatic heterocycles. The number of anilines is 1. The topological polar surface area (TPSA) is 61.5 Å². The number of hydrogen-bond donors (Lipinski definition) is 1. The summed E-state index contributed by atoms with van der Waals surface area (Å²) < 4.78 is 10.5. The highest BCUT2D eigenvalue weighted by molar-refractivity contribution is 5.90. The van der Waals surface area contributed by atoms with Crippen LogP contribution in [-0.4, -0.2) is 13.1 Å². The van der Waals surface area contributed by atoms with Gasteiger partial charge in [-0.05, 0) is 60.7 Å². The molecule has 4 nitrogen and oxygen atoms in total. The Labute approximate surface area is 123 Å². The lowest BCUT2D eigenvalue weighted by atomic mass is 10.1. The molecule has 0 radical (unpaired) electrons. The maximum atomic E-state index is 11.6. The minimum atomic E-state index is -0.409. The number of carbonyl (C=O) groups excluding carboxylic acids is 1. The summed E-state index contributed by atoms with van der Waals surface area (Å²) in [6.07, 6.45) is 3.42. The van der Waals surface area contributed by atoms with Crippen LogP contribution >= 0.6 is 0 Å². The molecule has 0 unspecified atom stereocenters. The molecule has 2 aromatic carbocycles. The Bertz CT molecular complexity index is 694. The zero-order valence-corrected chi connectivity index (χ0v) is 11.9. The minimum Gasteiger partial charge on any atom is -0.465 e. The fourth-order valence-corrected chi connectivity index (χ4v) is 2.61. The van der Waals surface area contributed by atoms with E-state index in [1.807, 2.05) is 12.1 Å². The molecule has 0 bridgehead atoms. The Morgan fingerprint density at radius 1 is 1.10 bits per heavy atom. The molecule has 0 heterocycles. The lowest BCUT2D eigenvalue weighted by Crippen LogP contribution is -2.02. The van der Waals surface area contributed by atoms with Crippen LogP contribution in [0.1, 0.15) is 27.9 Å². The van der Waals surface area contributed by atoms with Crippen molar-refractivity contribution in [1.29, 1.82) is 0 Å². The average molecular weight is 283 g/mol. The normalized spacial score (nSPS) is 12.8. The number of fused-ring (bicyclic) bond motifs is 1. The van der Waals surface area contributed by atoms with Gasteiger partial charge in [-0.2, -0.15) is 0 Å². The Morgan fingerprint density at radius 2 is 1.90 bits per heavy atom. The first-order valence-electron chi connectivity index (χ1n) is 6.95. The van der Waals surface area contributed by atoms with Gasteiger partial charge in [-0.1, -0.05) is 6.07 Å². The third-order valence-corrected chi connectivity index (χ3v) is 3.73. The molecule has 1 aliphatic rings. The van der Waals surface area contributed by atoms with Gasteiger partial charge in [-0.3, -0.25) is 0 Å². The van der Waals surface area contributed by atoms with E-state index in [-0.39, 0.29) is 0 Å². The number of aryl methyl sites for hydroxylation is 2. The predicted molar refractivity (Wildman–Crippen MR) is 80.7 cm³/mol. The summed E-state index contributed by atoms with van der Waals surface area (Å²) in [5, 5.41) is 0. The number of hydrogen-bond acceptors (Lipinski definition) is 4. The molecule has 1 aliphatic carbocycles. The SMILES string of the molecule is COC(=O)c1ccc(N)c(Oc2ccc3c(c2)CCC3)c1. The van der Waals surface area contributed by atoms with E-state index in [4.69, 9.17) is 15.2 Å². The fourth-order valence-electron chi connectivity index (χ4n) is 2.61. The van der Waals surface area contributed by atoms with Crippen molar-refractivity contribution in [3.8, 4) is 11.5 Å². The molecule has 108 valence electrons. The van der Waals surface area contributed by atoms with Crippen LogP contribution in [0.4, 0.5) is 5.69 Å². The molecule has 0 aromatic heterocycles. The van der Waals surface area contributed by atoms with Crippen LogP contribution in [0.2, 0.25) is 0 Å². The van der Waals surface area contributed by atoms with E-state index in [1.54, 1.807) is 18.2 Å². The van der Waals surface area contributed by atoms with Crippen LogP contribution in [-0.2, 0) is 17.6 Å². The van der Waals surface area contributed by atoms with E-state index < -0.39 is 5.97 Å². The smallest absolute Gasteiger partial charge is 0.337 e. The third-order valence-electron chi connectivity index (χ3n) is 3.73. The summed E-state index contributed by atoms with van der Waals surface area (Å²) in [7, 11) is 1.35. The van der Waals surface area contributed by atoms with Gasteiger partial charge < -0.3 is 15.2 Å². The summed E-state index contributed by atoms with van der Waals surface area (Å²) in [6.45, 7) is 0. The van der Waals surface area contributed by atoms with Crippen LogP contribution in [0.3, 0.4) is 0 Å². The Morgan fingerprint density at radius 3 is 2.71 bits per heavy atom. The highest BCUT2D eigenvalue weighted by Crippen LogP contribution is 2.32. The van der Waals surface area contributed by atoms with Crippen molar-refractivity contribution in [3.63, 3.8) is 0 Å². The lowest BCUT2D eigenvalue weighted by molar-refractivity contribution is 0.0600. The second-order valence-electron chi connectivity index (χ2n) is 5.13. The maximum Gasteiger partial charge on any atom is 0.337 e. The van der Waals surface area contributed by atoms with Gasteiger partial charge in [0.1, 0.15) is 5.75 Å². The van der Waals surface area contributed by atoms with Crippen molar-refractivity contribution in [2.45, 2.75) is 19.3 Å². The van der Waals surface area contributed by atoms with Crippen molar-refractivity contribution in [3.05, 3.63) is 53.1 Å². The van der Waals surface area contributed by atoms with Crippen molar-refractivity contribution in [2.24, 2.45) is 0 Å². The van der Waals surface area contributed by atoms with Crippen LogP contribution in [0.15, 0.2) is 36.4 Å². The van der Waals surface area contributed by atoms with E-state index in [0.717, 1.165) is 18.6 Å². The number of nitrogens with two attached hydrogens (primary N) is 1. The first-order chi connectivity index (χ1) is 10.2. The summed E-state index contributed by atoms with van der Waals surface area (Å²) in [5.74, 6) is 0.800. The maximum absolute atomic E-state index is 11.6. The number of benzene rings is 2. The quantitative estimate of drug-likeness (QED) is 0.693. The molecule has 3 rings (SSSR count). The largest absolute Gasteiger partial charge is 0.465 e.